The lowest BCUT2D eigenvalue weighted by molar-refractivity contribution is -0.384. The molecule has 0 saturated heterocycles. The van der Waals surface area contributed by atoms with Crippen molar-refractivity contribution >= 4 is 40.3 Å². The fraction of sp³-hybridized carbons (Fsp3) is 0.182. The summed E-state index contributed by atoms with van der Waals surface area (Å²) < 4.78 is 0. The first-order chi connectivity index (χ1) is 9.38. The molecule has 1 aromatic rings. The Kier molecular flexibility index (Phi) is 5.54. The Morgan fingerprint density at radius 1 is 1.55 bits per heavy atom. The Morgan fingerprint density at radius 3 is 2.85 bits per heavy atom. The third kappa shape index (κ3) is 5.40. The Morgan fingerprint density at radius 2 is 2.25 bits per heavy atom. The number of carbonyl (C=O) groups is 1. The van der Waals surface area contributed by atoms with E-state index >= 15 is 0 Å². The van der Waals surface area contributed by atoms with Crippen LogP contribution >= 0.6 is 12.2 Å². The summed E-state index contributed by atoms with van der Waals surface area (Å²) in [5.74, 6) is -0.350. The van der Waals surface area contributed by atoms with Gasteiger partial charge in [0.15, 0.2) is 5.11 Å². The molecule has 8 nitrogen and oxygen atoms in total. The van der Waals surface area contributed by atoms with Gasteiger partial charge in [0.25, 0.3) is 5.69 Å². The van der Waals surface area contributed by atoms with Gasteiger partial charge < -0.3 is 11.1 Å². The second-order valence-electron chi connectivity index (χ2n) is 3.86. The van der Waals surface area contributed by atoms with Gasteiger partial charge in [-0.05, 0) is 25.2 Å². The Bertz CT molecular complexity index is 573. The molecular weight excluding hydrogens is 282 g/mol. The third-order valence-corrected chi connectivity index (χ3v) is 2.21. The number of carbonyl (C=O) groups excluding carboxylic acids is 1. The SMILES string of the molecule is C/C(CC(=O)Nc1cccc([N+](=O)[O-])c1)=N\NC(N)=S. The molecule has 0 aromatic heterocycles. The van der Waals surface area contributed by atoms with Gasteiger partial charge in [-0.3, -0.25) is 20.3 Å². The maximum absolute atomic E-state index is 11.7. The Balaban J connectivity index is 2.62. The molecule has 0 atom stereocenters. The van der Waals surface area contributed by atoms with Crippen molar-refractivity contribution in [1.29, 1.82) is 0 Å². The smallest absolute Gasteiger partial charge is 0.271 e. The van der Waals surface area contributed by atoms with E-state index in [1.807, 2.05) is 0 Å². The number of nitrogens with one attached hydrogen (secondary N) is 2. The van der Waals surface area contributed by atoms with Crippen LogP contribution in [0.25, 0.3) is 0 Å². The normalized spacial score (nSPS) is 10.8. The number of amides is 1. The van der Waals surface area contributed by atoms with Crippen molar-refractivity contribution in [3.8, 4) is 0 Å². The van der Waals surface area contributed by atoms with Gasteiger partial charge >= 0.3 is 0 Å². The van der Waals surface area contributed by atoms with Crippen molar-refractivity contribution in [2.24, 2.45) is 10.8 Å². The minimum Gasteiger partial charge on any atom is -0.375 e. The lowest BCUT2D eigenvalue weighted by atomic mass is 10.2. The van der Waals surface area contributed by atoms with Crippen LogP contribution in [-0.2, 0) is 4.79 Å². The summed E-state index contributed by atoms with van der Waals surface area (Å²) in [6.07, 6.45) is 0.0122. The van der Waals surface area contributed by atoms with Crippen molar-refractivity contribution < 1.29 is 9.72 Å². The van der Waals surface area contributed by atoms with Gasteiger partial charge in [0.1, 0.15) is 0 Å². The number of non-ortho nitro benzene ring substituents is 1. The number of nitro benzene ring substituents is 1. The van der Waals surface area contributed by atoms with Crippen molar-refractivity contribution in [3.05, 3.63) is 34.4 Å². The summed E-state index contributed by atoms with van der Waals surface area (Å²) in [4.78, 5) is 21.8. The van der Waals surface area contributed by atoms with E-state index in [2.05, 4.69) is 28.1 Å². The van der Waals surface area contributed by atoms with E-state index in [0.29, 0.717) is 11.4 Å². The monoisotopic (exact) mass is 295 g/mol. The van der Waals surface area contributed by atoms with Crippen LogP contribution < -0.4 is 16.5 Å². The minimum atomic E-state index is -0.533. The fourth-order valence-corrected chi connectivity index (χ4v) is 1.37. The number of thiocarbonyl (C=S) groups is 1. The minimum absolute atomic E-state index is 0.00319. The summed E-state index contributed by atoms with van der Waals surface area (Å²) in [5, 5.41) is 16.9. The van der Waals surface area contributed by atoms with Crippen molar-refractivity contribution in [2.75, 3.05) is 5.32 Å². The number of hydrogen-bond acceptors (Lipinski definition) is 5. The molecule has 0 aliphatic rings. The first kappa shape index (κ1) is 15.5. The molecule has 106 valence electrons. The summed E-state index contributed by atoms with van der Waals surface area (Å²) in [7, 11) is 0. The molecule has 0 heterocycles. The van der Waals surface area contributed by atoms with Gasteiger partial charge in [-0.15, -0.1) is 0 Å². The topological polar surface area (TPSA) is 123 Å². The second-order valence-corrected chi connectivity index (χ2v) is 4.30. The molecule has 0 bridgehead atoms. The van der Waals surface area contributed by atoms with Crippen LogP contribution in [-0.4, -0.2) is 21.7 Å². The van der Waals surface area contributed by atoms with Gasteiger partial charge in [-0.1, -0.05) is 6.07 Å². The lowest BCUT2D eigenvalue weighted by Gasteiger charge is -2.05. The highest BCUT2D eigenvalue weighted by molar-refractivity contribution is 7.80. The molecule has 1 aromatic carbocycles. The molecule has 0 spiro atoms. The molecule has 0 unspecified atom stereocenters. The number of benzene rings is 1. The highest BCUT2D eigenvalue weighted by atomic mass is 32.1. The van der Waals surface area contributed by atoms with Gasteiger partial charge in [0.05, 0.1) is 11.3 Å². The van der Waals surface area contributed by atoms with E-state index < -0.39 is 4.92 Å². The summed E-state index contributed by atoms with van der Waals surface area (Å²) in [5.41, 5.74) is 8.28. The quantitative estimate of drug-likeness (QED) is 0.324. The number of hydrogen-bond donors (Lipinski definition) is 3. The molecule has 0 fully saturated rings. The average Bonchev–Trinajstić information content (AvgIpc) is 2.36. The standard InChI is InChI=1S/C11H13N5O3S/c1-7(14-15-11(12)20)5-10(17)13-8-3-2-4-9(6-8)16(18)19/h2-4,6H,5H2,1H3,(H,13,17)(H3,12,15,20)/b14-7+. The lowest BCUT2D eigenvalue weighted by Crippen LogP contribution is -2.26. The summed E-state index contributed by atoms with van der Waals surface area (Å²) >= 11 is 4.57. The molecule has 4 N–H and O–H groups in total. The van der Waals surface area contributed by atoms with E-state index in [-0.39, 0.29) is 23.1 Å². The fourth-order valence-electron chi connectivity index (χ4n) is 1.32. The van der Waals surface area contributed by atoms with Gasteiger partial charge in [-0.2, -0.15) is 5.10 Å². The molecule has 0 aliphatic carbocycles. The number of anilines is 1. The zero-order valence-electron chi connectivity index (χ0n) is 10.6. The van der Waals surface area contributed by atoms with Gasteiger partial charge in [-0.25, -0.2) is 0 Å². The second kappa shape index (κ2) is 7.14. The Hall–Kier alpha value is -2.55. The maximum Gasteiger partial charge on any atom is 0.271 e. The third-order valence-electron chi connectivity index (χ3n) is 2.11. The van der Waals surface area contributed by atoms with Gasteiger partial charge in [0.2, 0.25) is 5.91 Å². The van der Waals surface area contributed by atoms with E-state index in [9.17, 15) is 14.9 Å². The number of nitro groups is 1. The van der Waals surface area contributed by atoms with Crippen LogP contribution in [0.15, 0.2) is 29.4 Å². The number of nitrogens with zero attached hydrogens (tertiary/aromatic N) is 2. The molecule has 9 heteroatoms. The van der Waals surface area contributed by atoms with E-state index in [4.69, 9.17) is 5.73 Å². The predicted molar refractivity (Wildman–Crippen MR) is 79.4 cm³/mol. The average molecular weight is 295 g/mol. The van der Waals surface area contributed by atoms with Crippen LogP contribution in [0.5, 0.6) is 0 Å². The van der Waals surface area contributed by atoms with Crippen molar-refractivity contribution in [1.82, 2.24) is 5.43 Å². The van der Waals surface area contributed by atoms with Crippen molar-refractivity contribution in [3.63, 3.8) is 0 Å². The largest absolute Gasteiger partial charge is 0.375 e. The first-order valence-corrected chi connectivity index (χ1v) is 5.92. The van der Waals surface area contributed by atoms with Crippen molar-refractivity contribution in [2.45, 2.75) is 13.3 Å². The van der Waals surface area contributed by atoms with E-state index in [0.717, 1.165) is 0 Å². The summed E-state index contributed by atoms with van der Waals surface area (Å²) in [6.45, 7) is 1.62. The highest BCUT2D eigenvalue weighted by Crippen LogP contribution is 2.17. The molecule has 0 radical (unpaired) electrons. The van der Waals surface area contributed by atoms with Crippen LogP contribution in [0.4, 0.5) is 11.4 Å². The number of rotatable bonds is 5. The highest BCUT2D eigenvalue weighted by Gasteiger charge is 2.09. The molecule has 20 heavy (non-hydrogen) atoms. The number of hydrazone groups is 1. The molecule has 1 amide bonds. The summed E-state index contributed by atoms with van der Waals surface area (Å²) in [6, 6.07) is 5.67. The first-order valence-electron chi connectivity index (χ1n) is 5.51. The maximum atomic E-state index is 11.7. The predicted octanol–water partition coefficient (Wildman–Crippen LogP) is 1.13. The molecule has 0 aliphatic heterocycles. The zero-order chi connectivity index (χ0) is 15.1. The van der Waals surface area contributed by atoms with E-state index in [1.165, 1.54) is 18.2 Å². The van der Waals surface area contributed by atoms with E-state index in [1.54, 1.807) is 13.0 Å². The van der Waals surface area contributed by atoms with Crippen LogP contribution in [0.1, 0.15) is 13.3 Å². The number of nitrogens with two attached hydrogens (primary N) is 1. The Labute approximate surface area is 120 Å². The molecular formula is C11H13N5O3S. The zero-order valence-corrected chi connectivity index (χ0v) is 11.4. The van der Waals surface area contributed by atoms with Crippen LogP contribution in [0, 0.1) is 10.1 Å². The molecule has 0 saturated carbocycles. The molecule has 1 rings (SSSR count). The van der Waals surface area contributed by atoms with Crippen LogP contribution in [0.2, 0.25) is 0 Å². The van der Waals surface area contributed by atoms with Gasteiger partial charge in [0, 0.05) is 23.5 Å². The van der Waals surface area contributed by atoms with Crippen LogP contribution in [0.3, 0.4) is 0 Å².